The summed E-state index contributed by atoms with van der Waals surface area (Å²) in [6.07, 6.45) is -6.18. The minimum atomic E-state index is -1.24. The Bertz CT molecular complexity index is 1220. The monoisotopic (exact) mass is 574 g/mol. The molecule has 0 amide bonds. The summed E-state index contributed by atoms with van der Waals surface area (Å²) in [5.41, 5.74) is 2.93. The van der Waals surface area contributed by atoms with E-state index in [0.717, 1.165) is 16.7 Å². The predicted molar refractivity (Wildman–Crippen MR) is 146 cm³/mol. The average Bonchev–Trinajstić information content (AvgIpc) is 3.43. The van der Waals surface area contributed by atoms with Crippen LogP contribution in [0.2, 0.25) is 0 Å². The lowest BCUT2D eigenvalue weighted by atomic mass is 9.94. The normalized spacial score (nSPS) is 31.7. The second-order valence-corrected chi connectivity index (χ2v) is 10.4. The third kappa shape index (κ3) is 7.48. The van der Waals surface area contributed by atoms with Crippen molar-refractivity contribution in [1.82, 2.24) is 10.2 Å². The van der Waals surface area contributed by atoms with E-state index in [1.807, 2.05) is 55.5 Å². The summed E-state index contributed by atoms with van der Waals surface area (Å²) in [5.74, 6) is 1.62. The lowest BCUT2D eigenvalue weighted by molar-refractivity contribution is -0.225. The van der Waals surface area contributed by atoms with Crippen LogP contribution in [0.3, 0.4) is 0 Å². The summed E-state index contributed by atoms with van der Waals surface area (Å²) >= 11 is 0. The summed E-state index contributed by atoms with van der Waals surface area (Å²) in [4.78, 5) is 0. The van der Waals surface area contributed by atoms with Crippen LogP contribution < -0.4 is 4.74 Å². The van der Waals surface area contributed by atoms with Crippen LogP contribution in [0.25, 0.3) is 22.6 Å². The van der Waals surface area contributed by atoms with Crippen molar-refractivity contribution in [3.8, 4) is 28.3 Å². The van der Waals surface area contributed by atoms with E-state index in [9.17, 15) is 25.5 Å². The molecule has 6 unspecified atom stereocenters. The van der Waals surface area contributed by atoms with Gasteiger partial charge in [-0.05, 0) is 54.7 Å². The first-order valence-electron chi connectivity index (χ1n) is 13.5. The number of ether oxygens (including phenoxy) is 3. The van der Waals surface area contributed by atoms with Crippen LogP contribution in [0.4, 0.5) is 0 Å². The van der Waals surface area contributed by atoms with Crippen LogP contribution >= 0.6 is 0 Å². The molecule has 2 fully saturated rings. The smallest absolute Gasteiger partial charge is 0.247 e. The van der Waals surface area contributed by atoms with Gasteiger partial charge in [0.15, 0.2) is 0 Å². The molecule has 1 aromatic heterocycles. The number of aryl methyl sites for hydroxylation is 1. The molecule has 0 aliphatic carbocycles. The Hall–Kier alpha value is -2.94. The molecule has 0 saturated carbocycles. The Morgan fingerprint density at radius 3 is 1.93 bits per heavy atom. The van der Waals surface area contributed by atoms with Gasteiger partial charge in [-0.3, -0.25) is 0 Å². The van der Waals surface area contributed by atoms with Gasteiger partial charge in [0, 0.05) is 12.5 Å². The molecule has 3 aromatic rings. The number of benzene rings is 2. The molecule has 12 heteroatoms. The van der Waals surface area contributed by atoms with Crippen molar-refractivity contribution in [3.63, 3.8) is 0 Å². The number of hydrogen-bond donors (Lipinski definition) is 6. The van der Waals surface area contributed by atoms with Crippen molar-refractivity contribution in [2.75, 3.05) is 13.2 Å². The molecule has 0 radical (unpaired) electrons. The first kappa shape index (κ1) is 31.0. The van der Waals surface area contributed by atoms with Gasteiger partial charge in [0.1, 0.15) is 36.3 Å². The molecule has 2 aromatic carbocycles. The van der Waals surface area contributed by atoms with Crippen molar-refractivity contribution in [1.29, 1.82) is 0 Å². The topological polar surface area (TPSA) is 188 Å². The highest BCUT2D eigenvalue weighted by molar-refractivity contribution is 5.67. The Kier molecular flexibility index (Phi) is 10.4. The van der Waals surface area contributed by atoms with E-state index in [1.54, 1.807) is 13.8 Å². The third-order valence-electron chi connectivity index (χ3n) is 7.26. The third-order valence-corrected chi connectivity index (χ3v) is 7.26. The van der Waals surface area contributed by atoms with E-state index in [0.29, 0.717) is 24.0 Å². The number of rotatable bonds is 6. The van der Waals surface area contributed by atoms with Gasteiger partial charge in [0.05, 0.1) is 25.4 Å². The van der Waals surface area contributed by atoms with Crippen molar-refractivity contribution in [2.24, 2.45) is 5.92 Å². The summed E-state index contributed by atoms with van der Waals surface area (Å²) in [6, 6.07) is 15.4. The van der Waals surface area contributed by atoms with E-state index in [-0.39, 0.29) is 25.2 Å². The number of aliphatic hydroxyl groups is 6. The molecule has 41 heavy (non-hydrogen) atoms. The molecule has 5 rings (SSSR count). The summed E-state index contributed by atoms with van der Waals surface area (Å²) < 4.78 is 21.9. The van der Waals surface area contributed by atoms with Crippen LogP contribution in [0.5, 0.6) is 5.75 Å². The predicted octanol–water partition coefficient (Wildman–Crippen LogP) is 1.04. The molecule has 224 valence electrons. The maximum atomic E-state index is 10.3. The van der Waals surface area contributed by atoms with Crippen molar-refractivity contribution in [2.45, 2.75) is 76.2 Å². The molecule has 12 nitrogen and oxygen atoms in total. The van der Waals surface area contributed by atoms with E-state index < -0.39 is 42.9 Å². The molecule has 0 spiro atoms. The van der Waals surface area contributed by atoms with Crippen molar-refractivity contribution >= 4 is 0 Å². The van der Waals surface area contributed by atoms with E-state index in [4.69, 9.17) is 23.7 Å². The number of hydrogen-bond acceptors (Lipinski definition) is 12. The fourth-order valence-electron chi connectivity index (χ4n) is 4.73. The number of nitrogens with zero attached hydrogens (tertiary/aromatic N) is 2. The fraction of sp³-hybridized carbons (Fsp3) is 0.517. The lowest BCUT2D eigenvalue weighted by Gasteiger charge is -2.38. The van der Waals surface area contributed by atoms with Crippen molar-refractivity contribution < 1.29 is 49.3 Å². The maximum Gasteiger partial charge on any atom is 0.247 e. The van der Waals surface area contributed by atoms with Crippen LogP contribution in [0.1, 0.15) is 26.2 Å². The van der Waals surface area contributed by atoms with Crippen molar-refractivity contribution in [3.05, 3.63) is 54.4 Å². The molecule has 2 aliphatic heterocycles. The molecular weight excluding hydrogens is 536 g/mol. The zero-order valence-electron chi connectivity index (χ0n) is 23.1. The fourth-order valence-corrected chi connectivity index (χ4v) is 4.73. The zero-order chi connectivity index (χ0) is 29.7. The van der Waals surface area contributed by atoms with Gasteiger partial charge < -0.3 is 49.3 Å². The highest BCUT2D eigenvalue weighted by Crippen LogP contribution is 2.30. The standard InChI is InChI=1S/C22H24N2O5.C7H14O5/c1-13-11-19(12-25)29-22(20(13)26)28-18-9-7-16(8-10-18)15-3-5-17(6-4-15)21-24-23-14(2)27-21;1-3-5(9)7(11)6(10)4(2-8)12-3/h3-10,13,19-20,22,25-26H,11-12H2,1-2H3;3-11H,2H2,1H3/t13?,19?,20?,22-;3-,4?,5?,6-,7?/m01/s1. The second-order valence-electron chi connectivity index (χ2n) is 10.4. The SMILES string of the molecule is C[C@H]1OC(CO)[C@@H](O)C(O)C1O.Cc1nnc(-c2ccc(-c3ccc(O[C@H]4OC(CO)CC(C)C4O)cc3)cc2)o1. The van der Waals surface area contributed by atoms with Gasteiger partial charge in [-0.15, -0.1) is 10.2 Å². The van der Waals surface area contributed by atoms with Gasteiger partial charge in [-0.25, -0.2) is 0 Å². The van der Waals surface area contributed by atoms with Crippen LogP contribution in [-0.4, -0.2) is 103 Å². The minimum Gasteiger partial charge on any atom is -0.462 e. The van der Waals surface area contributed by atoms with E-state index in [1.165, 1.54) is 0 Å². The second kappa shape index (κ2) is 13.8. The molecule has 2 saturated heterocycles. The molecule has 9 atom stereocenters. The van der Waals surface area contributed by atoms with Crippen LogP contribution in [0.15, 0.2) is 52.9 Å². The van der Waals surface area contributed by atoms with E-state index >= 15 is 0 Å². The van der Waals surface area contributed by atoms with Gasteiger partial charge in [-0.2, -0.15) is 0 Å². The quantitative estimate of drug-likeness (QED) is 0.246. The highest BCUT2D eigenvalue weighted by atomic mass is 16.7. The summed E-state index contributed by atoms with van der Waals surface area (Å²) in [5, 5.41) is 63.9. The number of aromatic nitrogens is 2. The largest absolute Gasteiger partial charge is 0.462 e. The Balaban J connectivity index is 0.000000271. The summed E-state index contributed by atoms with van der Waals surface area (Å²) in [6.45, 7) is 4.80. The molecule has 3 heterocycles. The van der Waals surface area contributed by atoms with Crippen LogP contribution in [0, 0.1) is 12.8 Å². The Labute approximate surface area is 237 Å². The Morgan fingerprint density at radius 2 is 1.37 bits per heavy atom. The first-order valence-corrected chi connectivity index (χ1v) is 13.5. The van der Waals surface area contributed by atoms with Gasteiger partial charge in [-0.1, -0.05) is 31.2 Å². The van der Waals surface area contributed by atoms with E-state index in [2.05, 4.69) is 10.2 Å². The first-order chi connectivity index (χ1) is 19.6. The number of aliphatic hydroxyl groups excluding tert-OH is 6. The molecule has 2 aliphatic rings. The lowest BCUT2D eigenvalue weighted by Crippen LogP contribution is -2.57. The molecule has 0 bridgehead atoms. The minimum absolute atomic E-state index is 0.00803. The summed E-state index contributed by atoms with van der Waals surface area (Å²) in [7, 11) is 0. The van der Waals surface area contributed by atoms with Crippen LogP contribution in [-0.2, 0) is 9.47 Å². The zero-order valence-corrected chi connectivity index (χ0v) is 23.1. The highest BCUT2D eigenvalue weighted by Gasteiger charge is 2.41. The molecular formula is C29H38N2O10. The Morgan fingerprint density at radius 1 is 0.756 bits per heavy atom. The molecule has 6 N–H and O–H groups in total. The van der Waals surface area contributed by atoms with Gasteiger partial charge in [0.25, 0.3) is 0 Å². The maximum absolute atomic E-state index is 10.3. The van der Waals surface area contributed by atoms with Gasteiger partial charge >= 0.3 is 0 Å². The van der Waals surface area contributed by atoms with Gasteiger partial charge in [0.2, 0.25) is 18.1 Å². The average molecular weight is 575 g/mol.